The van der Waals surface area contributed by atoms with Crippen molar-refractivity contribution >= 4 is 62.6 Å². The fraction of sp³-hybridized carbons (Fsp3) is 0.136. The van der Waals surface area contributed by atoms with Crippen LogP contribution in [0.1, 0.15) is 16.7 Å². The van der Waals surface area contributed by atoms with E-state index in [1.54, 1.807) is 25.5 Å². The van der Waals surface area contributed by atoms with Crippen LogP contribution in [0.2, 0.25) is 15.1 Å². The molecule has 0 aliphatic carbocycles. The van der Waals surface area contributed by atoms with E-state index in [1.165, 1.54) is 0 Å². The van der Waals surface area contributed by atoms with E-state index < -0.39 is 0 Å². The van der Waals surface area contributed by atoms with Crippen LogP contribution in [0.25, 0.3) is 0 Å². The fourth-order valence-electron chi connectivity index (χ4n) is 2.55. The van der Waals surface area contributed by atoms with Gasteiger partial charge in [-0.15, -0.1) is 0 Å². The molecule has 150 valence electrons. The van der Waals surface area contributed by atoms with Crippen molar-refractivity contribution in [2.45, 2.75) is 13.5 Å². The zero-order chi connectivity index (χ0) is 21.0. The van der Waals surface area contributed by atoms with Crippen molar-refractivity contribution in [3.8, 4) is 11.5 Å². The van der Waals surface area contributed by atoms with Crippen LogP contribution >= 0.6 is 50.7 Å². The quantitative estimate of drug-likeness (QED) is 0.312. The molecule has 0 heterocycles. The van der Waals surface area contributed by atoms with E-state index in [2.05, 4.69) is 20.9 Å². The van der Waals surface area contributed by atoms with Gasteiger partial charge in [0.25, 0.3) is 0 Å². The highest BCUT2D eigenvalue weighted by atomic mass is 79.9. The molecule has 0 aromatic heterocycles. The summed E-state index contributed by atoms with van der Waals surface area (Å²) in [6.45, 7) is 2.23. The van der Waals surface area contributed by atoms with Crippen molar-refractivity contribution in [1.29, 1.82) is 0 Å². The molecule has 29 heavy (non-hydrogen) atoms. The lowest BCUT2D eigenvalue weighted by Gasteiger charge is -2.14. The fourth-order valence-corrected chi connectivity index (χ4v) is 3.77. The first-order chi connectivity index (χ1) is 13.9. The van der Waals surface area contributed by atoms with Crippen molar-refractivity contribution in [1.82, 2.24) is 0 Å². The van der Waals surface area contributed by atoms with Gasteiger partial charge in [-0.25, -0.2) is 0 Å². The van der Waals surface area contributed by atoms with Crippen molar-refractivity contribution in [3.05, 3.63) is 84.8 Å². The third kappa shape index (κ3) is 5.67. The number of aryl methyl sites for hydroxylation is 1. The summed E-state index contributed by atoms with van der Waals surface area (Å²) >= 11 is 21.9. The lowest BCUT2D eigenvalue weighted by molar-refractivity contribution is 0.282. The van der Waals surface area contributed by atoms with Gasteiger partial charge < -0.3 is 9.47 Å². The molecule has 0 unspecified atom stereocenters. The predicted molar refractivity (Wildman–Crippen MR) is 125 cm³/mol. The minimum Gasteiger partial charge on any atom is -0.493 e. The molecule has 0 saturated heterocycles. The average Bonchev–Trinajstić information content (AvgIpc) is 2.69. The Balaban J connectivity index is 1.81. The molecule has 3 aromatic rings. The molecule has 0 N–H and O–H groups in total. The lowest BCUT2D eigenvalue weighted by atomic mass is 10.2. The number of ether oxygens (including phenoxy) is 2. The van der Waals surface area contributed by atoms with Gasteiger partial charge in [0.2, 0.25) is 0 Å². The summed E-state index contributed by atoms with van der Waals surface area (Å²) in [5.74, 6) is 1.15. The van der Waals surface area contributed by atoms with E-state index >= 15 is 0 Å². The van der Waals surface area contributed by atoms with Gasteiger partial charge in [-0.05, 0) is 70.4 Å². The summed E-state index contributed by atoms with van der Waals surface area (Å²) in [5.41, 5.74) is 3.46. The van der Waals surface area contributed by atoms with Crippen LogP contribution in [0.4, 0.5) is 5.69 Å². The van der Waals surface area contributed by atoms with E-state index in [0.717, 1.165) is 26.9 Å². The van der Waals surface area contributed by atoms with Gasteiger partial charge in [-0.2, -0.15) is 0 Å². The maximum Gasteiger partial charge on any atom is 0.175 e. The van der Waals surface area contributed by atoms with E-state index in [1.807, 2.05) is 43.3 Å². The van der Waals surface area contributed by atoms with Gasteiger partial charge in [0, 0.05) is 26.8 Å². The first-order valence-electron chi connectivity index (χ1n) is 8.62. The Morgan fingerprint density at radius 3 is 2.48 bits per heavy atom. The van der Waals surface area contributed by atoms with Crippen molar-refractivity contribution < 1.29 is 9.47 Å². The first kappa shape index (κ1) is 22.0. The van der Waals surface area contributed by atoms with Crippen molar-refractivity contribution in [3.63, 3.8) is 0 Å². The molecular weight excluding hydrogens is 497 g/mol. The Kier molecular flexibility index (Phi) is 7.47. The SMILES string of the molecule is COc1cc(C=Nc2ccc(C)c(Cl)c2)cc(Br)c1OCc1ccc(Cl)cc1Cl. The highest BCUT2D eigenvalue weighted by Crippen LogP contribution is 2.37. The second-order valence-corrected chi connectivity index (χ2v) is 8.36. The molecule has 0 aliphatic heterocycles. The third-order valence-corrected chi connectivity index (χ3v) is 5.74. The van der Waals surface area contributed by atoms with E-state index in [-0.39, 0.29) is 6.61 Å². The first-order valence-corrected chi connectivity index (χ1v) is 10.5. The van der Waals surface area contributed by atoms with Crippen LogP contribution in [0.15, 0.2) is 58.0 Å². The van der Waals surface area contributed by atoms with Crippen LogP contribution in [-0.2, 0) is 6.61 Å². The molecule has 3 aromatic carbocycles. The molecule has 3 rings (SSSR count). The van der Waals surface area contributed by atoms with Gasteiger partial charge >= 0.3 is 0 Å². The van der Waals surface area contributed by atoms with Gasteiger partial charge in [-0.3, -0.25) is 4.99 Å². The maximum absolute atomic E-state index is 6.22. The highest BCUT2D eigenvalue weighted by Gasteiger charge is 2.12. The number of aliphatic imine (C=N–C) groups is 1. The monoisotopic (exact) mass is 511 g/mol. The van der Waals surface area contributed by atoms with Gasteiger partial charge in [0.15, 0.2) is 11.5 Å². The predicted octanol–water partition coefficient (Wildman–Crippen LogP) is 8.06. The van der Waals surface area contributed by atoms with Crippen molar-refractivity contribution in [2.75, 3.05) is 7.11 Å². The number of methoxy groups -OCH3 is 1. The standard InChI is InChI=1S/C22H17BrCl3NO2/c1-13-3-6-17(10-19(13)25)27-11-14-7-18(23)22(21(8-14)28-2)29-12-15-4-5-16(24)9-20(15)26/h3-11H,12H2,1-2H3. The summed E-state index contributed by atoms with van der Waals surface area (Å²) in [6.07, 6.45) is 1.74. The summed E-state index contributed by atoms with van der Waals surface area (Å²) in [4.78, 5) is 4.48. The maximum atomic E-state index is 6.22. The number of hydrogen-bond acceptors (Lipinski definition) is 3. The Hall–Kier alpha value is -1.72. The molecule has 0 amide bonds. The minimum absolute atomic E-state index is 0.278. The smallest absolute Gasteiger partial charge is 0.175 e. The van der Waals surface area contributed by atoms with Gasteiger partial charge in [0.1, 0.15) is 6.61 Å². The Morgan fingerprint density at radius 1 is 1.00 bits per heavy atom. The number of rotatable bonds is 6. The second-order valence-electron chi connectivity index (χ2n) is 6.25. The largest absolute Gasteiger partial charge is 0.493 e. The molecule has 0 aliphatic rings. The van der Waals surface area contributed by atoms with Gasteiger partial charge in [-0.1, -0.05) is 46.9 Å². The summed E-state index contributed by atoms with van der Waals surface area (Å²) in [7, 11) is 1.59. The van der Waals surface area contributed by atoms with E-state index in [4.69, 9.17) is 44.3 Å². The molecule has 0 radical (unpaired) electrons. The number of benzene rings is 3. The molecule has 0 atom stereocenters. The molecule has 3 nitrogen and oxygen atoms in total. The number of hydrogen-bond donors (Lipinski definition) is 0. The van der Waals surface area contributed by atoms with Crippen LogP contribution in [0.3, 0.4) is 0 Å². The van der Waals surface area contributed by atoms with Crippen LogP contribution in [0.5, 0.6) is 11.5 Å². The molecule has 0 bridgehead atoms. The average molecular weight is 514 g/mol. The van der Waals surface area contributed by atoms with E-state index in [9.17, 15) is 0 Å². The molecule has 0 fully saturated rings. The zero-order valence-electron chi connectivity index (χ0n) is 15.7. The Labute approximate surface area is 193 Å². The van der Waals surface area contributed by atoms with Crippen molar-refractivity contribution in [2.24, 2.45) is 4.99 Å². The molecule has 0 spiro atoms. The summed E-state index contributed by atoms with van der Waals surface area (Å²) in [6, 6.07) is 14.7. The van der Waals surface area contributed by atoms with Gasteiger partial charge in [0.05, 0.1) is 17.3 Å². The summed E-state index contributed by atoms with van der Waals surface area (Å²) in [5, 5.41) is 1.81. The summed E-state index contributed by atoms with van der Waals surface area (Å²) < 4.78 is 12.2. The Morgan fingerprint density at radius 2 is 1.79 bits per heavy atom. The Bertz CT molecular complexity index is 1070. The van der Waals surface area contributed by atoms with Crippen LogP contribution < -0.4 is 9.47 Å². The van der Waals surface area contributed by atoms with Crippen LogP contribution in [0, 0.1) is 6.92 Å². The zero-order valence-corrected chi connectivity index (χ0v) is 19.5. The second kappa shape index (κ2) is 9.86. The highest BCUT2D eigenvalue weighted by molar-refractivity contribution is 9.10. The number of nitrogens with zero attached hydrogens (tertiary/aromatic N) is 1. The van der Waals surface area contributed by atoms with E-state index in [0.29, 0.717) is 26.6 Å². The van der Waals surface area contributed by atoms with Crippen LogP contribution in [-0.4, -0.2) is 13.3 Å². The lowest BCUT2D eigenvalue weighted by Crippen LogP contribution is -2.00. The topological polar surface area (TPSA) is 30.8 Å². The third-order valence-electron chi connectivity index (χ3n) is 4.16. The molecule has 0 saturated carbocycles. The number of halogens is 4. The molecular formula is C22H17BrCl3NO2. The molecule has 7 heteroatoms. The minimum atomic E-state index is 0.278. The normalized spacial score (nSPS) is 11.1.